The molecule has 0 spiro atoms. The fourth-order valence-corrected chi connectivity index (χ4v) is 3.10. The lowest BCUT2D eigenvalue weighted by atomic mass is 10.0. The van der Waals surface area contributed by atoms with E-state index in [0.29, 0.717) is 30.9 Å². The van der Waals surface area contributed by atoms with Gasteiger partial charge in [-0.1, -0.05) is 17.3 Å². The second-order valence-corrected chi connectivity index (χ2v) is 6.99. The van der Waals surface area contributed by atoms with Crippen molar-refractivity contribution in [1.29, 1.82) is 0 Å². The van der Waals surface area contributed by atoms with Crippen LogP contribution < -0.4 is 10.6 Å². The molecule has 1 fully saturated rings. The molecular weight excluding hydrogens is 471 g/mol. The third kappa shape index (κ3) is 8.44. The number of rotatable bonds is 9. The molecule has 0 aromatic carbocycles. The van der Waals surface area contributed by atoms with E-state index in [-0.39, 0.29) is 30.1 Å². The maximum absolute atomic E-state index is 5.48. The van der Waals surface area contributed by atoms with Gasteiger partial charge in [-0.25, -0.2) is 4.99 Å². The Kier molecular flexibility index (Phi) is 11.6. The van der Waals surface area contributed by atoms with Gasteiger partial charge in [0.2, 0.25) is 5.89 Å². The van der Waals surface area contributed by atoms with Crippen molar-refractivity contribution in [2.45, 2.75) is 59.2 Å². The standard InChI is InChI=1S/C19H34N6O2.HI/c1-6-20-19(22-16-8-10-25(11-9-16)13-14(3)4)21-12-17-23-18(24-27-17)15(5)26-7-2;/h15-16H,3,6-13H2,1-2,4-5H3,(H2,20,21,22);1H. The summed E-state index contributed by atoms with van der Waals surface area (Å²) < 4.78 is 10.8. The fraction of sp³-hybridized carbons (Fsp3) is 0.737. The van der Waals surface area contributed by atoms with Crippen molar-refractivity contribution in [3.05, 3.63) is 23.9 Å². The molecule has 9 heteroatoms. The van der Waals surface area contributed by atoms with Crippen LogP contribution in [-0.2, 0) is 11.3 Å². The highest BCUT2D eigenvalue weighted by molar-refractivity contribution is 14.0. The van der Waals surface area contributed by atoms with Gasteiger partial charge in [-0.05, 0) is 40.5 Å². The Hall–Kier alpha value is -1.20. The summed E-state index contributed by atoms with van der Waals surface area (Å²) in [7, 11) is 0. The van der Waals surface area contributed by atoms with Crippen LogP contribution in [-0.4, -0.2) is 59.8 Å². The SMILES string of the molecule is C=C(C)CN1CCC(NC(=NCc2nc(C(C)OCC)no2)NCC)CC1.I. The van der Waals surface area contributed by atoms with E-state index >= 15 is 0 Å². The molecule has 0 amide bonds. The highest BCUT2D eigenvalue weighted by Crippen LogP contribution is 2.13. The minimum Gasteiger partial charge on any atom is -0.371 e. The van der Waals surface area contributed by atoms with Gasteiger partial charge in [0.1, 0.15) is 12.6 Å². The van der Waals surface area contributed by atoms with Crippen molar-refractivity contribution < 1.29 is 9.26 Å². The Labute approximate surface area is 185 Å². The number of ether oxygens (including phenoxy) is 1. The lowest BCUT2D eigenvalue weighted by Gasteiger charge is -2.33. The van der Waals surface area contributed by atoms with E-state index in [1.54, 1.807) is 0 Å². The van der Waals surface area contributed by atoms with Gasteiger partial charge >= 0.3 is 0 Å². The van der Waals surface area contributed by atoms with Crippen molar-refractivity contribution in [3.8, 4) is 0 Å². The third-order valence-corrected chi connectivity index (χ3v) is 4.40. The Morgan fingerprint density at radius 1 is 1.39 bits per heavy atom. The van der Waals surface area contributed by atoms with E-state index in [0.717, 1.165) is 45.0 Å². The smallest absolute Gasteiger partial charge is 0.248 e. The molecule has 1 aliphatic heterocycles. The Morgan fingerprint density at radius 2 is 2.11 bits per heavy atom. The molecule has 28 heavy (non-hydrogen) atoms. The van der Waals surface area contributed by atoms with Crippen LogP contribution >= 0.6 is 24.0 Å². The van der Waals surface area contributed by atoms with Gasteiger partial charge in [-0.15, -0.1) is 24.0 Å². The van der Waals surface area contributed by atoms with Crippen molar-refractivity contribution in [3.63, 3.8) is 0 Å². The quantitative estimate of drug-likeness (QED) is 0.231. The molecule has 0 radical (unpaired) electrons. The second-order valence-electron chi connectivity index (χ2n) is 6.99. The molecule has 1 atom stereocenters. The van der Waals surface area contributed by atoms with Crippen LogP contribution in [0.2, 0.25) is 0 Å². The van der Waals surface area contributed by atoms with Crippen molar-refractivity contribution in [2.75, 3.05) is 32.8 Å². The van der Waals surface area contributed by atoms with E-state index in [9.17, 15) is 0 Å². The lowest BCUT2D eigenvalue weighted by molar-refractivity contribution is 0.0683. The van der Waals surface area contributed by atoms with Crippen molar-refractivity contribution >= 4 is 29.9 Å². The molecule has 2 N–H and O–H groups in total. The fourth-order valence-electron chi connectivity index (χ4n) is 3.10. The number of nitrogens with zero attached hydrogens (tertiary/aromatic N) is 4. The van der Waals surface area contributed by atoms with Gasteiger partial charge < -0.3 is 19.9 Å². The van der Waals surface area contributed by atoms with Gasteiger partial charge in [-0.3, -0.25) is 4.90 Å². The largest absolute Gasteiger partial charge is 0.371 e. The summed E-state index contributed by atoms with van der Waals surface area (Å²) in [5.74, 6) is 1.84. The zero-order valence-corrected chi connectivity index (χ0v) is 19.9. The molecule has 1 unspecified atom stereocenters. The number of piperidine rings is 1. The maximum Gasteiger partial charge on any atom is 0.248 e. The number of likely N-dealkylation sites (tertiary alicyclic amines) is 1. The molecule has 1 aromatic rings. The topological polar surface area (TPSA) is 87.8 Å². The van der Waals surface area contributed by atoms with E-state index in [1.165, 1.54) is 5.57 Å². The highest BCUT2D eigenvalue weighted by Gasteiger charge is 2.20. The van der Waals surface area contributed by atoms with Crippen LogP contribution in [0.15, 0.2) is 21.7 Å². The predicted molar refractivity (Wildman–Crippen MR) is 122 cm³/mol. The van der Waals surface area contributed by atoms with Crippen LogP contribution in [0.3, 0.4) is 0 Å². The van der Waals surface area contributed by atoms with E-state index in [2.05, 4.69) is 51.1 Å². The predicted octanol–water partition coefficient (Wildman–Crippen LogP) is 2.88. The molecule has 2 heterocycles. The second kappa shape index (κ2) is 13.1. The Bertz CT molecular complexity index is 613. The summed E-state index contributed by atoms with van der Waals surface area (Å²) in [5.41, 5.74) is 1.22. The Balaban J connectivity index is 0.00000392. The average Bonchev–Trinajstić information content (AvgIpc) is 3.10. The summed E-state index contributed by atoms with van der Waals surface area (Å²) in [6.07, 6.45) is 2.01. The zero-order chi connectivity index (χ0) is 19.6. The number of aliphatic imine (C=N–C) groups is 1. The minimum atomic E-state index is -0.174. The molecule has 1 aliphatic rings. The lowest BCUT2D eigenvalue weighted by Crippen LogP contribution is -2.48. The van der Waals surface area contributed by atoms with Gasteiger partial charge in [0.25, 0.3) is 0 Å². The van der Waals surface area contributed by atoms with Crippen LogP contribution in [0.25, 0.3) is 0 Å². The van der Waals surface area contributed by atoms with Gasteiger partial charge in [0.15, 0.2) is 11.8 Å². The van der Waals surface area contributed by atoms with Gasteiger partial charge in [0.05, 0.1) is 0 Å². The number of hydrogen-bond donors (Lipinski definition) is 2. The summed E-state index contributed by atoms with van der Waals surface area (Å²) in [6.45, 7) is 16.9. The number of aromatic nitrogens is 2. The van der Waals surface area contributed by atoms with E-state index in [4.69, 9.17) is 9.26 Å². The Morgan fingerprint density at radius 3 is 2.71 bits per heavy atom. The summed E-state index contributed by atoms with van der Waals surface area (Å²) in [6, 6.07) is 0.417. The summed E-state index contributed by atoms with van der Waals surface area (Å²) in [5, 5.41) is 10.8. The molecule has 1 saturated heterocycles. The maximum atomic E-state index is 5.48. The number of halogens is 1. The summed E-state index contributed by atoms with van der Waals surface area (Å²) in [4.78, 5) is 11.4. The zero-order valence-electron chi connectivity index (χ0n) is 17.5. The van der Waals surface area contributed by atoms with Crippen LogP contribution in [0.1, 0.15) is 58.4 Å². The van der Waals surface area contributed by atoms with Crippen molar-refractivity contribution in [1.82, 2.24) is 25.7 Å². The summed E-state index contributed by atoms with van der Waals surface area (Å²) >= 11 is 0. The molecule has 1 aromatic heterocycles. The minimum absolute atomic E-state index is 0. The molecule has 0 saturated carbocycles. The van der Waals surface area contributed by atoms with Gasteiger partial charge in [0, 0.05) is 38.8 Å². The van der Waals surface area contributed by atoms with Crippen LogP contribution in [0.5, 0.6) is 0 Å². The number of nitrogens with one attached hydrogen (secondary N) is 2. The molecule has 0 aliphatic carbocycles. The van der Waals surface area contributed by atoms with E-state index < -0.39 is 0 Å². The molecule has 8 nitrogen and oxygen atoms in total. The molecular formula is C19H35IN6O2. The third-order valence-electron chi connectivity index (χ3n) is 4.40. The molecule has 2 rings (SSSR count). The van der Waals surface area contributed by atoms with E-state index in [1.807, 2.05) is 13.8 Å². The van der Waals surface area contributed by atoms with Crippen molar-refractivity contribution in [2.24, 2.45) is 4.99 Å². The molecule has 0 bridgehead atoms. The normalized spacial score (nSPS) is 17.1. The number of hydrogen-bond acceptors (Lipinski definition) is 6. The first-order valence-electron chi connectivity index (χ1n) is 9.87. The average molecular weight is 506 g/mol. The first-order chi connectivity index (χ1) is 13.0. The monoisotopic (exact) mass is 506 g/mol. The van der Waals surface area contributed by atoms with Crippen LogP contribution in [0, 0.1) is 0 Å². The van der Waals surface area contributed by atoms with Gasteiger partial charge in [-0.2, -0.15) is 4.98 Å². The van der Waals surface area contributed by atoms with Crippen LogP contribution in [0.4, 0.5) is 0 Å². The first kappa shape index (κ1) is 24.8. The first-order valence-corrected chi connectivity index (χ1v) is 9.87. The highest BCUT2D eigenvalue weighted by atomic mass is 127. The number of guanidine groups is 1. The molecule has 160 valence electrons.